The van der Waals surface area contributed by atoms with Gasteiger partial charge in [-0.3, -0.25) is 4.68 Å². The summed E-state index contributed by atoms with van der Waals surface area (Å²) in [6.07, 6.45) is 1.77. The molecule has 16 heavy (non-hydrogen) atoms. The summed E-state index contributed by atoms with van der Waals surface area (Å²) < 4.78 is 8.02. The monoisotopic (exact) mass is 301 g/mol. The van der Waals surface area contributed by atoms with Gasteiger partial charge in [0.2, 0.25) is 0 Å². The Labute approximate surface area is 106 Å². The van der Waals surface area contributed by atoms with Gasteiger partial charge in [0.1, 0.15) is 5.82 Å². The van der Waals surface area contributed by atoms with E-state index in [0.717, 1.165) is 21.9 Å². The lowest BCUT2D eigenvalue weighted by Gasteiger charge is -2.03. The molecule has 0 amide bonds. The Bertz CT molecular complexity index is 480. The standard InChI is InChI=1S/C10H12BrN3OS/c1-14-9(3-4-13-14)12-6-7-5-8(11)10(15-2)16-7/h3-5,12H,6H2,1-2H3. The lowest BCUT2D eigenvalue weighted by atomic mass is 10.4. The Morgan fingerprint density at radius 3 is 3.00 bits per heavy atom. The number of hydrogen-bond donors (Lipinski definition) is 1. The second kappa shape index (κ2) is 4.88. The summed E-state index contributed by atoms with van der Waals surface area (Å²) >= 11 is 5.08. The van der Waals surface area contributed by atoms with Gasteiger partial charge in [-0.05, 0) is 22.0 Å². The molecule has 0 aliphatic heterocycles. The molecule has 2 aromatic heterocycles. The zero-order chi connectivity index (χ0) is 11.5. The third-order valence-corrected chi connectivity index (χ3v) is 4.10. The molecule has 0 unspecified atom stereocenters. The van der Waals surface area contributed by atoms with Crippen molar-refractivity contribution in [3.05, 3.63) is 27.7 Å². The molecule has 0 aliphatic carbocycles. The number of thiophene rings is 1. The van der Waals surface area contributed by atoms with Crippen molar-refractivity contribution in [3.8, 4) is 5.06 Å². The maximum Gasteiger partial charge on any atom is 0.188 e. The number of nitrogens with one attached hydrogen (secondary N) is 1. The number of methoxy groups -OCH3 is 1. The fraction of sp³-hybridized carbons (Fsp3) is 0.300. The molecular weight excluding hydrogens is 290 g/mol. The van der Waals surface area contributed by atoms with Crippen molar-refractivity contribution >= 4 is 33.1 Å². The third kappa shape index (κ3) is 2.38. The van der Waals surface area contributed by atoms with Gasteiger partial charge in [0, 0.05) is 18.0 Å². The van der Waals surface area contributed by atoms with Crippen LogP contribution in [0, 0.1) is 0 Å². The molecule has 4 nitrogen and oxygen atoms in total. The lowest BCUT2D eigenvalue weighted by molar-refractivity contribution is 0.425. The normalized spacial score (nSPS) is 10.4. The van der Waals surface area contributed by atoms with E-state index in [2.05, 4.69) is 32.4 Å². The summed E-state index contributed by atoms with van der Waals surface area (Å²) in [5, 5.41) is 8.30. The second-order valence-corrected chi connectivity index (χ2v) is 5.20. The van der Waals surface area contributed by atoms with Crippen LogP contribution in [0.2, 0.25) is 0 Å². The van der Waals surface area contributed by atoms with Gasteiger partial charge in [0.05, 0.1) is 24.3 Å². The van der Waals surface area contributed by atoms with E-state index in [1.54, 1.807) is 29.3 Å². The predicted molar refractivity (Wildman–Crippen MR) is 69.1 cm³/mol. The SMILES string of the molecule is COc1sc(CNc2ccnn2C)cc1Br. The van der Waals surface area contributed by atoms with E-state index in [1.807, 2.05) is 13.1 Å². The lowest BCUT2D eigenvalue weighted by Crippen LogP contribution is -2.03. The first-order valence-electron chi connectivity index (χ1n) is 4.75. The molecule has 0 saturated heterocycles. The first kappa shape index (κ1) is 11.5. The van der Waals surface area contributed by atoms with Gasteiger partial charge in [-0.15, -0.1) is 11.3 Å². The van der Waals surface area contributed by atoms with Gasteiger partial charge >= 0.3 is 0 Å². The van der Waals surface area contributed by atoms with Crippen LogP contribution in [0.3, 0.4) is 0 Å². The Morgan fingerprint density at radius 2 is 2.44 bits per heavy atom. The van der Waals surface area contributed by atoms with E-state index < -0.39 is 0 Å². The smallest absolute Gasteiger partial charge is 0.188 e. The predicted octanol–water partition coefficient (Wildman–Crippen LogP) is 2.86. The number of ether oxygens (including phenoxy) is 1. The summed E-state index contributed by atoms with van der Waals surface area (Å²) in [6.45, 7) is 0.770. The number of hydrogen-bond acceptors (Lipinski definition) is 4. The highest BCUT2D eigenvalue weighted by molar-refractivity contribution is 9.10. The van der Waals surface area contributed by atoms with E-state index in [1.165, 1.54) is 4.88 Å². The highest BCUT2D eigenvalue weighted by atomic mass is 79.9. The maximum absolute atomic E-state index is 5.21. The van der Waals surface area contributed by atoms with E-state index >= 15 is 0 Å². The van der Waals surface area contributed by atoms with Crippen molar-refractivity contribution in [2.24, 2.45) is 7.05 Å². The molecule has 2 heterocycles. The Hall–Kier alpha value is -1.01. The zero-order valence-electron chi connectivity index (χ0n) is 9.03. The number of anilines is 1. The van der Waals surface area contributed by atoms with Crippen molar-refractivity contribution in [3.63, 3.8) is 0 Å². The van der Waals surface area contributed by atoms with E-state index in [0.29, 0.717) is 0 Å². The highest BCUT2D eigenvalue weighted by Gasteiger charge is 2.07. The maximum atomic E-state index is 5.21. The molecular formula is C10H12BrN3OS. The van der Waals surface area contributed by atoms with Crippen LogP contribution in [0.5, 0.6) is 5.06 Å². The van der Waals surface area contributed by atoms with Crippen LogP contribution < -0.4 is 10.1 Å². The largest absolute Gasteiger partial charge is 0.486 e. The van der Waals surface area contributed by atoms with Crippen molar-refractivity contribution in [1.29, 1.82) is 0 Å². The van der Waals surface area contributed by atoms with Gasteiger partial charge in [0.15, 0.2) is 5.06 Å². The summed E-state index contributed by atoms with van der Waals surface area (Å²) in [7, 11) is 3.59. The van der Waals surface area contributed by atoms with E-state index in [9.17, 15) is 0 Å². The van der Waals surface area contributed by atoms with Crippen molar-refractivity contribution in [1.82, 2.24) is 9.78 Å². The fourth-order valence-corrected chi connectivity index (χ4v) is 2.98. The topological polar surface area (TPSA) is 39.1 Å². The molecule has 0 saturated carbocycles. The minimum Gasteiger partial charge on any atom is -0.486 e. The van der Waals surface area contributed by atoms with Gasteiger partial charge in [-0.1, -0.05) is 0 Å². The zero-order valence-corrected chi connectivity index (χ0v) is 11.4. The first-order valence-corrected chi connectivity index (χ1v) is 6.35. The molecule has 0 aromatic carbocycles. The summed E-state index contributed by atoms with van der Waals surface area (Å²) in [4.78, 5) is 1.21. The molecule has 86 valence electrons. The van der Waals surface area contributed by atoms with Gasteiger partial charge in [-0.2, -0.15) is 5.10 Å². The molecule has 0 fully saturated rings. The molecule has 0 bridgehead atoms. The number of halogens is 1. The Morgan fingerprint density at radius 1 is 1.62 bits per heavy atom. The molecule has 0 radical (unpaired) electrons. The van der Waals surface area contributed by atoms with Crippen LogP contribution in [-0.4, -0.2) is 16.9 Å². The number of rotatable bonds is 4. The molecule has 0 spiro atoms. The number of aromatic nitrogens is 2. The van der Waals surface area contributed by atoms with E-state index in [4.69, 9.17) is 4.74 Å². The molecule has 1 N–H and O–H groups in total. The van der Waals surface area contributed by atoms with Crippen LogP contribution in [0.1, 0.15) is 4.88 Å². The molecule has 6 heteroatoms. The van der Waals surface area contributed by atoms with Crippen molar-refractivity contribution in [2.75, 3.05) is 12.4 Å². The fourth-order valence-electron chi connectivity index (χ4n) is 1.35. The van der Waals surface area contributed by atoms with Crippen LogP contribution in [0.4, 0.5) is 5.82 Å². The van der Waals surface area contributed by atoms with Crippen LogP contribution in [0.25, 0.3) is 0 Å². The average molecular weight is 302 g/mol. The van der Waals surface area contributed by atoms with E-state index in [-0.39, 0.29) is 0 Å². The Kier molecular flexibility index (Phi) is 3.50. The molecule has 0 aliphatic rings. The number of aryl methyl sites for hydroxylation is 1. The van der Waals surface area contributed by atoms with Crippen LogP contribution >= 0.6 is 27.3 Å². The highest BCUT2D eigenvalue weighted by Crippen LogP contribution is 2.34. The molecule has 0 atom stereocenters. The Balaban J connectivity index is 2.02. The van der Waals surface area contributed by atoms with Crippen molar-refractivity contribution < 1.29 is 4.74 Å². The summed E-state index contributed by atoms with van der Waals surface area (Å²) in [6, 6.07) is 4.01. The second-order valence-electron chi connectivity index (χ2n) is 3.25. The average Bonchev–Trinajstić information content (AvgIpc) is 2.82. The minimum atomic E-state index is 0.770. The summed E-state index contributed by atoms with van der Waals surface area (Å²) in [5.74, 6) is 1.00. The van der Waals surface area contributed by atoms with Crippen LogP contribution in [0.15, 0.2) is 22.8 Å². The van der Waals surface area contributed by atoms with Gasteiger partial charge in [-0.25, -0.2) is 0 Å². The third-order valence-electron chi connectivity index (χ3n) is 2.16. The molecule has 2 rings (SSSR count). The van der Waals surface area contributed by atoms with Crippen molar-refractivity contribution in [2.45, 2.75) is 6.54 Å². The summed E-state index contributed by atoms with van der Waals surface area (Å²) in [5.41, 5.74) is 0. The van der Waals surface area contributed by atoms with Gasteiger partial charge < -0.3 is 10.1 Å². The first-order chi connectivity index (χ1) is 7.70. The minimum absolute atomic E-state index is 0.770. The van der Waals surface area contributed by atoms with Gasteiger partial charge in [0.25, 0.3) is 0 Å². The number of nitrogens with zero attached hydrogens (tertiary/aromatic N) is 2. The molecule has 2 aromatic rings. The quantitative estimate of drug-likeness (QED) is 0.944. The van der Waals surface area contributed by atoms with Crippen LogP contribution in [-0.2, 0) is 13.6 Å².